The van der Waals surface area contributed by atoms with Gasteiger partial charge in [0.2, 0.25) is 0 Å². The van der Waals surface area contributed by atoms with Crippen LogP contribution >= 0.6 is 11.6 Å². The van der Waals surface area contributed by atoms with E-state index < -0.39 is 0 Å². The van der Waals surface area contributed by atoms with E-state index in [2.05, 4.69) is 9.97 Å². The molecule has 0 saturated carbocycles. The van der Waals surface area contributed by atoms with Gasteiger partial charge in [0.15, 0.2) is 11.0 Å². The Kier molecular flexibility index (Phi) is 2.92. The van der Waals surface area contributed by atoms with Crippen molar-refractivity contribution in [1.82, 2.24) is 9.97 Å². The van der Waals surface area contributed by atoms with Crippen LogP contribution in [0.4, 0.5) is 11.5 Å². The molecule has 0 radical (unpaired) electrons. The van der Waals surface area contributed by atoms with Crippen LogP contribution in [-0.2, 0) is 6.42 Å². The maximum atomic E-state index is 5.83. The average molecular weight is 235 g/mol. The quantitative estimate of drug-likeness (QED) is 0.778. The van der Waals surface area contributed by atoms with E-state index >= 15 is 0 Å². The predicted octanol–water partition coefficient (Wildman–Crippen LogP) is 1.89. The normalized spacial score (nSPS) is 10.3. The van der Waals surface area contributed by atoms with Gasteiger partial charge in [-0.15, -0.1) is 0 Å². The highest BCUT2D eigenvalue weighted by Crippen LogP contribution is 2.21. The van der Waals surface area contributed by atoms with E-state index in [9.17, 15) is 0 Å². The zero-order valence-corrected chi connectivity index (χ0v) is 9.28. The molecule has 2 aromatic rings. The molecule has 0 amide bonds. The number of rotatable bonds is 2. The average Bonchev–Trinajstić information content (AvgIpc) is 2.27. The number of halogens is 1. The van der Waals surface area contributed by atoms with E-state index in [1.807, 2.05) is 30.3 Å². The summed E-state index contributed by atoms with van der Waals surface area (Å²) in [7, 11) is 0. The van der Waals surface area contributed by atoms with Gasteiger partial charge in [-0.3, -0.25) is 0 Å². The van der Waals surface area contributed by atoms with Crippen molar-refractivity contribution < 1.29 is 0 Å². The molecule has 82 valence electrons. The Morgan fingerprint density at radius 2 is 1.75 bits per heavy atom. The molecule has 16 heavy (non-hydrogen) atoms. The molecule has 4 nitrogen and oxygen atoms in total. The molecule has 5 heteroatoms. The second kappa shape index (κ2) is 4.37. The van der Waals surface area contributed by atoms with Crippen molar-refractivity contribution in [3.05, 3.63) is 46.9 Å². The lowest BCUT2D eigenvalue weighted by Gasteiger charge is -2.05. The highest BCUT2D eigenvalue weighted by molar-refractivity contribution is 6.32. The first-order valence-corrected chi connectivity index (χ1v) is 5.16. The zero-order valence-electron chi connectivity index (χ0n) is 8.52. The Hall–Kier alpha value is -1.81. The Morgan fingerprint density at radius 3 is 2.38 bits per heavy atom. The maximum absolute atomic E-state index is 5.83. The van der Waals surface area contributed by atoms with Crippen LogP contribution in [0.3, 0.4) is 0 Å². The summed E-state index contributed by atoms with van der Waals surface area (Å²) < 4.78 is 0. The van der Waals surface area contributed by atoms with Crippen molar-refractivity contribution in [2.24, 2.45) is 0 Å². The SMILES string of the molecule is Nc1nc(Cc2ccccc2)nc(Cl)c1N. The number of nitrogens with zero attached hydrogens (tertiary/aromatic N) is 2. The van der Waals surface area contributed by atoms with Crippen LogP contribution in [0, 0.1) is 0 Å². The summed E-state index contributed by atoms with van der Waals surface area (Å²) >= 11 is 5.83. The molecule has 0 fully saturated rings. The molecule has 1 aromatic heterocycles. The van der Waals surface area contributed by atoms with Gasteiger partial charge in [-0.1, -0.05) is 41.9 Å². The van der Waals surface area contributed by atoms with Gasteiger partial charge in [-0.25, -0.2) is 9.97 Å². The predicted molar refractivity (Wildman–Crippen MR) is 65.1 cm³/mol. The minimum absolute atomic E-state index is 0.207. The van der Waals surface area contributed by atoms with Gasteiger partial charge >= 0.3 is 0 Å². The lowest BCUT2D eigenvalue weighted by atomic mass is 10.1. The van der Waals surface area contributed by atoms with Crippen LogP contribution in [0.25, 0.3) is 0 Å². The van der Waals surface area contributed by atoms with Crippen molar-refractivity contribution >= 4 is 23.1 Å². The summed E-state index contributed by atoms with van der Waals surface area (Å²) in [6, 6.07) is 9.84. The summed E-state index contributed by atoms with van der Waals surface area (Å²) in [4.78, 5) is 8.16. The Labute approximate surface area is 98.3 Å². The van der Waals surface area contributed by atoms with Crippen molar-refractivity contribution in [3.63, 3.8) is 0 Å². The van der Waals surface area contributed by atoms with Crippen LogP contribution in [0.2, 0.25) is 5.15 Å². The maximum Gasteiger partial charge on any atom is 0.157 e. The van der Waals surface area contributed by atoms with Crippen LogP contribution in [-0.4, -0.2) is 9.97 Å². The molecule has 0 saturated heterocycles. The van der Waals surface area contributed by atoms with Crippen molar-refractivity contribution in [2.75, 3.05) is 11.5 Å². The minimum atomic E-state index is 0.207. The first-order valence-electron chi connectivity index (χ1n) is 4.78. The summed E-state index contributed by atoms with van der Waals surface area (Å²) in [5.74, 6) is 0.800. The smallest absolute Gasteiger partial charge is 0.157 e. The standard InChI is InChI=1S/C11H11ClN4/c12-10-9(13)11(14)16-8(15-10)6-7-4-2-1-3-5-7/h1-5H,6,13H2,(H2,14,15,16). The molecule has 0 spiro atoms. The molecule has 0 atom stereocenters. The van der Waals surface area contributed by atoms with Gasteiger partial charge in [0.05, 0.1) is 0 Å². The van der Waals surface area contributed by atoms with E-state index in [-0.39, 0.29) is 16.7 Å². The van der Waals surface area contributed by atoms with Crippen LogP contribution in [0.15, 0.2) is 30.3 Å². The largest absolute Gasteiger partial charge is 0.393 e. The second-order valence-corrected chi connectivity index (χ2v) is 3.75. The number of benzene rings is 1. The van der Waals surface area contributed by atoms with Crippen molar-refractivity contribution in [3.8, 4) is 0 Å². The van der Waals surface area contributed by atoms with Crippen LogP contribution in [0.5, 0.6) is 0 Å². The fraction of sp³-hybridized carbons (Fsp3) is 0.0909. The lowest BCUT2D eigenvalue weighted by Crippen LogP contribution is -2.05. The number of hydrogen-bond donors (Lipinski definition) is 2. The van der Waals surface area contributed by atoms with Gasteiger partial charge in [-0.05, 0) is 5.56 Å². The van der Waals surface area contributed by atoms with E-state index in [4.69, 9.17) is 23.1 Å². The number of hydrogen-bond acceptors (Lipinski definition) is 4. The van der Waals surface area contributed by atoms with Crippen LogP contribution in [0.1, 0.15) is 11.4 Å². The van der Waals surface area contributed by atoms with Gasteiger partial charge in [-0.2, -0.15) is 0 Å². The molecular formula is C11H11ClN4. The molecule has 4 N–H and O–H groups in total. The van der Waals surface area contributed by atoms with Gasteiger partial charge < -0.3 is 11.5 Å². The molecule has 0 unspecified atom stereocenters. The van der Waals surface area contributed by atoms with Gasteiger partial charge in [0.1, 0.15) is 11.5 Å². The van der Waals surface area contributed by atoms with Crippen LogP contribution < -0.4 is 11.5 Å². The fourth-order valence-electron chi connectivity index (χ4n) is 1.36. The second-order valence-electron chi connectivity index (χ2n) is 3.39. The fourth-order valence-corrected chi connectivity index (χ4v) is 1.56. The molecule has 2 rings (SSSR count). The Bertz CT molecular complexity index is 476. The monoisotopic (exact) mass is 234 g/mol. The lowest BCUT2D eigenvalue weighted by molar-refractivity contribution is 0.977. The molecule has 1 heterocycles. The molecule has 1 aromatic carbocycles. The highest BCUT2D eigenvalue weighted by atomic mass is 35.5. The first-order chi connectivity index (χ1) is 7.66. The van der Waals surface area contributed by atoms with Gasteiger partial charge in [0, 0.05) is 6.42 Å². The van der Waals surface area contributed by atoms with E-state index in [1.165, 1.54) is 0 Å². The van der Waals surface area contributed by atoms with Crippen molar-refractivity contribution in [2.45, 2.75) is 6.42 Å². The molecule has 0 aliphatic rings. The van der Waals surface area contributed by atoms with E-state index in [0.29, 0.717) is 12.2 Å². The topological polar surface area (TPSA) is 77.8 Å². The Morgan fingerprint density at radius 1 is 1.06 bits per heavy atom. The summed E-state index contributed by atoms with van der Waals surface area (Å²) in [6.07, 6.45) is 0.588. The molecule has 0 aliphatic heterocycles. The number of nitrogen functional groups attached to an aromatic ring is 2. The molecule has 0 aliphatic carbocycles. The number of aromatic nitrogens is 2. The molecular weight excluding hydrogens is 224 g/mol. The minimum Gasteiger partial charge on any atom is -0.393 e. The van der Waals surface area contributed by atoms with E-state index in [0.717, 1.165) is 5.56 Å². The number of nitrogens with two attached hydrogens (primary N) is 2. The summed E-state index contributed by atoms with van der Waals surface area (Å²) in [5, 5.41) is 0.207. The highest BCUT2D eigenvalue weighted by Gasteiger charge is 2.07. The Balaban J connectivity index is 2.29. The molecule has 0 bridgehead atoms. The number of anilines is 2. The first kappa shape index (κ1) is 10.7. The third-order valence-corrected chi connectivity index (χ3v) is 2.47. The van der Waals surface area contributed by atoms with E-state index in [1.54, 1.807) is 0 Å². The van der Waals surface area contributed by atoms with Crippen molar-refractivity contribution in [1.29, 1.82) is 0 Å². The summed E-state index contributed by atoms with van der Waals surface area (Å²) in [5.41, 5.74) is 12.5. The third kappa shape index (κ3) is 2.23. The zero-order chi connectivity index (χ0) is 11.5. The van der Waals surface area contributed by atoms with Gasteiger partial charge in [0.25, 0.3) is 0 Å². The summed E-state index contributed by atoms with van der Waals surface area (Å²) in [6.45, 7) is 0. The third-order valence-electron chi connectivity index (χ3n) is 2.18.